The molecule has 0 aliphatic heterocycles. The van der Waals surface area contributed by atoms with E-state index in [1.165, 1.54) is 23.5 Å². The molecule has 8 heteroatoms. The predicted molar refractivity (Wildman–Crippen MR) is 92.1 cm³/mol. The van der Waals surface area contributed by atoms with Gasteiger partial charge in [0.05, 0.1) is 11.0 Å². The number of thiazole rings is 1. The number of benzene rings is 1. The average molecular weight is 349 g/mol. The van der Waals surface area contributed by atoms with Gasteiger partial charge < -0.3 is 10.0 Å². The van der Waals surface area contributed by atoms with Crippen molar-refractivity contribution < 1.29 is 14.8 Å². The highest BCUT2D eigenvalue weighted by atomic mass is 32.1. The van der Waals surface area contributed by atoms with Crippen LogP contribution in [0.4, 0.5) is 5.69 Å². The van der Waals surface area contributed by atoms with Gasteiger partial charge in [-0.1, -0.05) is 12.1 Å². The lowest BCUT2D eigenvalue weighted by molar-refractivity contribution is -0.384. The van der Waals surface area contributed by atoms with Gasteiger partial charge >= 0.3 is 0 Å². The van der Waals surface area contributed by atoms with E-state index in [4.69, 9.17) is 0 Å². The number of carbonyl (C=O) groups is 1. The summed E-state index contributed by atoms with van der Waals surface area (Å²) in [4.78, 5) is 28.9. The average Bonchev–Trinajstić information content (AvgIpc) is 3.01. The van der Waals surface area contributed by atoms with Gasteiger partial charge in [-0.2, -0.15) is 0 Å². The molecule has 1 unspecified atom stereocenters. The maximum Gasteiger partial charge on any atom is 0.273 e. The lowest BCUT2D eigenvalue weighted by atomic mass is 10.2. The summed E-state index contributed by atoms with van der Waals surface area (Å²) < 4.78 is 0. The van der Waals surface area contributed by atoms with E-state index >= 15 is 0 Å². The molecule has 128 valence electrons. The third-order valence-corrected chi connectivity index (χ3v) is 4.26. The van der Waals surface area contributed by atoms with Crippen molar-refractivity contribution in [2.75, 3.05) is 6.54 Å². The molecule has 7 nitrogen and oxygen atoms in total. The Balaban J connectivity index is 2.28. The topological polar surface area (TPSA) is 96.6 Å². The second-order valence-corrected chi connectivity index (χ2v) is 6.60. The Kier molecular flexibility index (Phi) is 5.63. The highest BCUT2D eigenvalue weighted by molar-refractivity contribution is 7.13. The van der Waals surface area contributed by atoms with Crippen LogP contribution in [-0.4, -0.2) is 44.5 Å². The fourth-order valence-electron chi connectivity index (χ4n) is 2.22. The van der Waals surface area contributed by atoms with E-state index in [-0.39, 0.29) is 29.9 Å². The van der Waals surface area contributed by atoms with Crippen LogP contribution in [0, 0.1) is 10.1 Å². The van der Waals surface area contributed by atoms with Crippen molar-refractivity contribution in [3.63, 3.8) is 0 Å². The zero-order chi connectivity index (χ0) is 17.9. The minimum Gasteiger partial charge on any atom is -0.392 e. The van der Waals surface area contributed by atoms with Crippen molar-refractivity contribution in [2.45, 2.75) is 32.9 Å². The Labute approximate surface area is 143 Å². The Bertz CT molecular complexity index is 742. The molecule has 1 amide bonds. The summed E-state index contributed by atoms with van der Waals surface area (Å²) in [5.41, 5.74) is 0.851. The monoisotopic (exact) mass is 349 g/mol. The lowest BCUT2D eigenvalue weighted by Gasteiger charge is -2.27. The van der Waals surface area contributed by atoms with Crippen molar-refractivity contribution in [1.82, 2.24) is 9.88 Å². The summed E-state index contributed by atoms with van der Waals surface area (Å²) in [5, 5.41) is 22.6. The fourth-order valence-corrected chi connectivity index (χ4v) is 3.01. The second kappa shape index (κ2) is 7.50. The maximum atomic E-state index is 12.6. The molecule has 0 saturated heterocycles. The zero-order valence-corrected chi connectivity index (χ0v) is 14.5. The number of aromatic nitrogens is 1. The van der Waals surface area contributed by atoms with E-state index in [2.05, 4.69) is 4.98 Å². The van der Waals surface area contributed by atoms with Crippen LogP contribution in [0.5, 0.6) is 0 Å². The first-order chi connectivity index (χ1) is 11.3. The van der Waals surface area contributed by atoms with Crippen LogP contribution in [0.15, 0.2) is 29.6 Å². The molecule has 0 bridgehead atoms. The minimum atomic E-state index is -0.633. The van der Waals surface area contributed by atoms with Gasteiger partial charge in [-0.05, 0) is 20.8 Å². The number of non-ortho nitro benzene ring substituents is 1. The molecule has 0 aliphatic rings. The summed E-state index contributed by atoms with van der Waals surface area (Å²) in [7, 11) is 0. The number of nitrogens with zero attached hydrogens (tertiary/aromatic N) is 3. The van der Waals surface area contributed by atoms with Gasteiger partial charge in [0, 0.05) is 35.7 Å². The van der Waals surface area contributed by atoms with Gasteiger partial charge in [0.2, 0.25) is 0 Å². The van der Waals surface area contributed by atoms with E-state index in [9.17, 15) is 20.0 Å². The number of hydrogen-bond donors (Lipinski definition) is 1. The molecule has 0 saturated carbocycles. The number of rotatable bonds is 6. The third-order valence-electron chi connectivity index (χ3n) is 3.37. The molecule has 1 heterocycles. The Hall–Kier alpha value is -2.32. The number of amides is 1. The van der Waals surface area contributed by atoms with Crippen molar-refractivity contribution in [2.24, 2.45) is 0 Å². The number of nitro groups is 1. The molecule has 0 aliphatic carbocycles. The van der Waals surface area contributed by atoms with Gasteiger partial charge in [0.1, 0.15) is 10.7 Å². The van der Waals surface area contributed by atoms with Crippen LogP contribution >= 0.6 is 11.3 Å². The molecule has 1 N–H and O–H groups in total. The van der Waals surface area contributed by atoms with Crippen molar-refractivity contribution in [1.29, 1.82) is 0 Å². The van der Waals surface area contributed by atoms with E-state index < -0.39 is 11.0 Å². The van der Waals surface area contributed by atoms with Gasteiger partial charge in [0.25, 0.3) is 11.6 Å². The Morgan fingerprint density at radius 3 is 2.71 bits per heavy atom. The van der Waals surface area contributed by atoms with Gasteiger partial charge in [-0.15, -0.1) is 11.3 Å². The van der Waals surface area contributed by atoms with E-state index in [1.807, 2.05) is 13.8 Å². The Morgan fingerprint density at radius 2 is 2.12 bits per heavy atom. The van der Waals surface area contributed by atoms with Crippen molar-refractivity contribution in [3.8, 4) is 10.6 Å². The molecule has 1 aromatic carbocycles. The number of nitro benzene ring substituents is 1. The normalized spacial score (nSPS) is 12.2. The molecule has 0 fully saturated rings. The number of carbonyl (C=O) groups excluding carboxylic acids is 1. The van der Waals surface area contributed by atoms with Crippen LogP contribution in [0.25, 0.3) is 10.6 Å². The number of aliphatic hydroxyl groups is 1. The molecule has 24 heavy (non-hydrogen) atoms. The Morgan fingerprint density at radius 1 is 1.42 bits per heavy atom. The molecule has 0 radical (unpaired) electrons. The highest BCUT2D eigenvalue weighted by Crippen LogP contribution is 2.27. The molecular formula is C16H19N3O4S. The first kappa shape index (κ1) is 18.0. The summed E-state index contributed by atoms with van der Waals surface area (Å²) >= 11 is 1.26. The molecular weight excluding hydrogens is 330 g/mol. The van der Waals surface area contributed by atoms with Crippen LogP contribution in [0.3, 0.4) is 0 Å². The SMILES string of the molecule is CC(O)CN(C(=O)c1csc(-c2cccc([N+](=O)[O-])c2)n1)C(C)C. The molecule has 0 spiro atoms. The predicted octanol–water partition coefficient (Wildman–Crippen LogP) is 2.95. The van der Waals surface area contributed by atoms with E-state index in [0.717, 1.165) is 0 Å². The summed E-state index contributed by atoms with van der Waals surface area (Å²) in [5.74, 6) is -0.265. The zero-order valence-electron chi connectivity index (χ0n) is 13.7. The minimum absolute atomic E-state index is 0.0199. The maximum absolute atomic E-state index is 12.6. The standard InChI is InChI=1S/C16H19N3O4S/c1-10(2)18(8-11(3)20)16(21)14-9-24-15(17-14)12-5-4-6-13(7-12)19(22)23/h4-7,9-11,20H,8H2,1-3H3. The van der Waals surface area contributed by atoms with E-state index in [0.29, 0.717) is 10.6 Å². The fraction of sp³-hybridized carbons (Fsp3) is 0.375. The molecule has 1 atom stereocenters. The third kappa shape index (κ3) is 4.15. The van der Waals surface area contributed by atoms with Crippen LogP contribution < -0.4 is 0 Å². The van der Waals surface area contributed by atoms with Crippen LogP contribution in [0.2, 0.25) is 0 Å². The number of aliphatic hydroxyl groups excluding tert-OH is 1. The quantitative estimate of drug-likeness (QED) is 0.639. The highest BCUT2D eigenvalue weighted by Gasteiger charge is 2.23. The van der Waals surface area contributed by atoms with Crippen LogP contribution in [0.1, 0.15) is 31.3 Å². The van der Waals surface area contributed by atoms with Crippen molar-refractivity contribution >= 4 is 22.9 Å². The van der Waals surface area contributed by atoms with E-state index in [1.54, 1.807) is 29.3 Å². The van der Waals surface area contributed by atoms with Crippen LogP contribution in [-0.2, 0) is 0 Å². The molecule has 2 rings (SSSR count). The second-order valence-electron chi connectivity index (χ2n) is 5.75. The first-order valence-electron chi connectivity index (χ1n) is 7.49. The largest absolute Gasteiger partial charge is 0.392 e. The van der Waals surface area contributed by atoms with Gasteiger partial charge in [0.15, 0.2) is 0 Å². The summed E-state index contributed by atoms with van der Waals surface area (Å²) in [6.07, 6.45) is -0.633. The smallest absolute Gasteiger partial charge is 0.273 e. The van der Waals surface area contributed by atoms with Gasteiger partial charge in [-0.3, -0.25) is 14.9 Å². The lowest BCUT2D eigenvalue weighted by Crippen LogP contribution is -2.41. The summed E-state index contributed by atoms with van der Waals surface area (Å²) in [6, 6.07) is 6.07. The van der Waals surface area contributed by atoms with Gasteiger partial charge in [-0.25, -0.2) is 4.98 Å². The molecule has 2 aromatic rings. The number of hydrogen-bond acceptors (Lipinski definition) is 6. The van der Waals surface area contributed by atoms with Crippen molar-refractivity contribution in [3.05, 3.63) is 45.5 Å². The first-order valence-corrected chi connectivity index (χ1v) is 8.37. The summed E-state index contributed by atoms with van der Waals surface area (Å²) in [6.45, 7) is 5.58. The molecule has 1 aromatic heterocycles.